The first kappa shape index (κ1) is 13.7. The van der Waals surface area contributed by atoms with Crippen molar-refractivity contribution in [3.63, 3.8) is 0 Å². The summed E-state index contributed by atoms with van der Waals surface area (Å²) in [6, 6.07) is 0. The number of nitrogens with zero attached hydrogens (tertiary/aromatic N) is 3. The normalized spacial score (nSPS) is 10.9. The van der Waals surface area contributed by atoms with Crippen molar-refractivity contribution >= 4 is 23.5 Å². The number of rotatable bonds is 8. The molecule has 0 aromatic carbocycles. The molecule has 0 saturated heterocycles. The van der Waals surface area contributed by atoms with Gasteiger partial charge in [-0.25, -0.2) is 4.68 Å². The molecule has 1 rings (SSSR count). The van der Waals surface area contributed by atoms with Gasteiger partial charge in [0.1, 0.15) is 0 Å². The number of nitrogen functional groups attached to an aromatic ring is 1. The number of hydrogen-bond acceptors (Lipinski definition) is 6. The fraction of sp³-hybridized carbons (Fsp3) is 0.778. The van der Waals surface area contributed by atoms with E-state index in [-0.39, 0.29) is 0 Å². The summed E-state index contributed by atoms with van der Waals surface area (Å²) in [5.41, 5.74) is 5.43. The highest BCUT2D eigenvalue weighted by molar-refractivity contribution is 7.99. The van der Waals surface area contributed by atoms with Gasteiger partial charge in [-0.15, -0.1) is 10.2 Å². The number of hydrogen-bond donors (Lipinski definition) is 2. The number of nitrogens with two attached hydrogens (primary N) is 2. The monoisotopic (exact) mass is 261 g/mol. The Labute approximate surface area is 105 Å². The molecule has 1 heterocycles. The Morgan fingerprint density at radius 1 is 1.31 bits per heavy atom. The molecular weight excluding hydrogens is 242 g/mol. The van der Waals surface area contributed by atoms with Crippen molar-refractivity contribution in [2.45, 2.75) is 30.7 Å². The summed E-state index contributed by atoms with van der Waals surface area (Å²) < 4.78 is 1.59. The molecular formula is C9H19N5S2. The third-order valence-electron chi connectivity index (χ3n) is 1.89. The van der Waals surface area contributed by atoms with Gasteiger partial charge in [0.15, 0.2) is 5.82 Å². The summed E-state index contributed by atoms with van der Waals surface area (Å²) in [5, 5.41) is 8.92. The van der Waals surface area contributed by atoms with Crippen molar-refractivity contribution in [1.29, 1.82) is 0 Å². The van der Waals surface area contributed by atoms with Crippen LogP contribution >= 0.6 is 23.5 Å². The highest BCUT2D eigenvalue weighted by atomic mass is 32.2. The minimum Gasteiger partial charge on any atom is -0.336 e. The van der Waals surface area contributed by atoms with Gasteiger partial charge in [0, 0.05) is 5.75 Å². The highest BCUT2D eigenvalue weighted by Gasteiger charge is 2.09. The standard InChI is InChI=1S/C9H19N5S2/c1-2-5-15-7-8-12-13-9(14(8)11)16-6-3-4-10/h2-7,10-11H2,1H3. The minimum atomic E-state index is 0.699. The van der Waals surface area contributed by atoms with E-state index in [1.54, 1.807) is 16.4 Å². The zero-order chi connectivity index (χ0) is 11.8. The molecule has 0 saturated carbocycles. The van der Waals surface area contributed by atoms with E-state index in [1.165, 1.54) is 6.42 Å². The predicted octanol–water partition coefficient (Wildman–Crippen LogP) is 1.08. The van der Waals surface area contributed by atoms with E-state index in [2.05, 4.69) is 17.1 Å². The Bertz CT molecular complexity index is 275. The van der Waals surface area contributed by atoms with E-state index < -0.39 is 0 Å². The Morgan fingerprint density at radius 2 is 2.12 bits per heavy atom. The summed E-state index contributed by atoms with van der Waals surface area (Å²) in [4.78, 5) is 0. The summed E-state index contributed by atoms with van der Waals surface area (Å²) in [5.74, 6) is 9.63. The molecule has 0 fully saturated rings. The Morgan fingerprint density at radius 3 is 2.81 bits per heavy atom. The summed E-state index contributed by atoms with van der Waals surface area (Å²) in [6.07, 6.45) is 2.14. The van der Waals surface area contributed by atoms with Crippen LogP contribution in [0.3, 0.4) is 0 Å². The molecule has 0 atom stereocenters. The van der Waals surface area contributed by atoms with Crippen LogP contribution < -0.4 is 11.6 Å². The fourth-order valence-electron chi connectivity index (χ4n) is 1.06. The van der Waals surface area contributed by atoms with Gasteiger partial charge in [0.25, 0.3) is 0 Å². The second kappa shape index (κ2) is 7.81. The molecule has 4 N–H and O–H groups in total. The molecule has 7 heteroatoms. The van der Waals surface area contributed by atoms with Crippen molar-refractivity contribution in [1.82, 2.24) is 14.9 Å². The van der Waals surface area contributed by atoms with E-state index in [0.29, 0.717) is 6.54 Å². The molecule has 92 valence electrons. The molecule has 0 bridgehead atoms. The maximum atomic E-state index is 5.89. The molecule has 0 radical (unpaired) electrons. The zero-order valence-electron chi connectivity index (χ0n) is 9.56. The van der Waals surface area contributed by atoms with Gasteiger partial charge in [-0.3, -0.25) is 0 Å². The summed E-state index contributed by atoms with van der Waals surface area (Å²) in [6.45, 7) is 2.86. The average molecular weight is 261 g/mol. The van der Waals surface area contributed by atoms with Crippen molar-refractivity contribution in [3.8, 4) is 0 Å². The van der Waals surface area contributed by atoms with E-state index in [9.17, 15) is 0 Å². The first-order valence-corrected chi connectivity index (χ1v) is 7.53. The van der Waals surface area contributed by atoms with E-state index in [4.69, 9.17) is 11.6 Å². The zero-order valence-corrected chi connectivity index (χ0v) is 11.2. The molecule has 0 spiro atoms. The van der Waals surface area contributed by atoms with Gasteiger partial charge < -0.3 is 11.6 Å². The smallest absolute Gasteiger partial charge is 0.209 e. The van der Waals surface area contributed by atoms with Gasteiger partial charge in [0.2, 0.25) is 5.16 Å². The SMILES string of the molecule is CCCSCc1nnc(SCCCN)n1N. The van der Waals surface area contributed by atoms with Crippen molar-refractivity contribution in [3.05, 3.63) is 5.82 Å². The van der Waals surface area contributed by atoms with Crippen LogP contribution in [0, 0.1) is 0 Å². The molecule has 16 heavy (non-hydrogen) atoms. The summed E-state index contributed by atoms with van der Waals surface area (Å²) in [7, 11) is 0. The minimum absolute atomic E-state index is 0.699. The second-order valence-corrected chi connectivity index (χ2v) is 5.48. The van der Waals surface area contributed by atoms with E-state index >= 15 is 0 Å². The van der Waals surface area contributed by atoms with Crippen LogP contribution in [0.15, 0.2) is 5.16 Å². The lowest BCUT2D eigenvalue weighted by atomic mass is 10.5. The van der Waals surface area contributed by atoms with Gasteiger partial charge in [-0.05, 0) is 25.1 Å². The number of thioether (sulfide) groups is 2. The van der Waals surface area contributed by atoms with Gasteiger partial charge in [-0.2, -0.15) is 11.8 Å². The van der Waals surface area contributed by atoms with Crippen LogP contribution in [0.4, 0.5) is 0 Å². The third kappa shape index (κ3) is 4.23. The third-order valence-corrected chi connectivity index (χ3v) is 4.08. The average Bonchev–Trinajstić information content (AvgIpc) is 2.62. The number of aromatic nitrogens is 3. The summed E-state index contributed by atoms with van der Waals surface area (Å²) >= 11 is 3.44. The Kier molecular flexibility index (Phi) is 6.67. The molecule has 0 aliphatic carbocycles. The van der Waals surface area contributed by atoms with E-state index in [0.717, 1.165) is 34.7 Å². The van der Waals surface area contributed by atoms with E-state index in [1.807, 2.05) is 11.8 Å². The van der Waals surface area contributed by atoms with Crippen LogP contribution in [0.1, 0.15) is 25.6 Å². The molecule has 0 unspecified atom stereocenters. The maximum Gasteiger partial charge on any atom is 0.209 e. The predicted molar refractivity (Wildman–Crippen MR) is 71.0 cm³/mol. The molecule has 0 amide bonds. The lowest BCUT2D eigenvalue weighted by Crippen LogP contribution is -2.13. The van der Waals surface area contributed by atoms with Crippen molar-refractivity contribution in [2.24, 2.45) is 5.73 Å². The van der Waals surface area contributed by atoms with Gasteiger partial charge in [0.05, 0.1) is 5.75 Å². The maximum absolute atomic E-state index is 5.89. The fourth-order valence-corrected chi connectivity index (χ4v) is 2.71. The molecule has 5 nitrogen and oxygen atoms in total. The topological polar surface area (TPSA) is 82.8 Å². The molecule has 1 aromatic heterocycles. The lowest BCUT2D eigenvalue weighted by molar-refractivity contribution is 0.818. The first-order valence-electron chi connectivity index (χ1n) is 5.39. The van der Waals surface area contributed by atoms with Crippen molar-refractivity contribution in [2.75, 3.05) is 23.9 Å². The van der Waals surface area contributed by atoms with Crippen LogP contribution in [0.25, 0.3) is 0 Å². The Hall–Kier alpha value is -0.400. The largest absolute Gasteiger partial charge is 0.336 e. The molecule has 0 aliphatic heterocycles. The van der Waals surface area contributed by atoms with Crippen LogP contribution in [0.5, 0.6) is 0 Å². The van der Waals surface area contributed by atoms with Crippen LogP contribution in [-0.4, -0.2) is 32.9 Å². The lowest BCUT2D eigenvalue weighted by Gasteiger charge is -2.02. The molecule has 1 aromatic rings. The van der Waals surface area contributed by atoms with Gasteiger partial charge in [-0.1, -0.05) is 18.7 Å². The van der Waals surface area contributed by atoms with Crippen LogP contribution in [-0.2, 0) is 5.75 Å². The first-order chi connectivity index (χ1) is 7.79. The quantitative estimate of drug-likeness (QED) is 0.414. The highest BCUT2D eigenvalue weighted by Crippen LogP contribution is 2.17. The van der Waals surface area contributed by atoms with Crippen molar-refractivity contribution < 1.29 is 0 Å². The molecule has 0 aliphatic rings. The van der Waals surface area contributed by atoms with Crippen LogP contribution in [0.2, 0.25) is 0 Å². The second-order valence-electron chi connectivity index (χ2n) is 3.31. The Balaban J connectivity index is 2.41. The van der Waals surface area contributed by atoms with Gasteiger partial charge >= 0.3 is 0 Å².